The quantitative estimate of drug-likeness (QED) is 0.479. The monoisotopic (exact) mass is 422 g/mol. The van der Waals surface area contributed by atoms with Crippen molar-refractivity contribution < 1.29 is 23.7 Å². The molecule has 0 unspecified atom stereocenters. The molecule has 0 bridgehead atoms. The van der Waals surface area contributed by atoms with E-state index < -0.39 is 0 Å². The van der Waals surface area contributed by atoms with Crippen molar-refractivity contribution in [2.24, 2.45) is 5.92 Å². The molecule has 3 aliphatic heterocycles. The Morgan fingerprint density at radius 1 is 1.30 bits per heavy atom. The summed E-state index contributed by atoms with van der Waals surface area (Å²) in [7, 11) is 1.71. The average molecular weight is 423 g/mol. The average Bonchev–Trinajstić information content (AvgIpc) is 3.55. The van der Waals surface area contributed by atoms with Gasteiger partial charge in [0.15, 0.2) is 0 Å². The number of hydrogen-bond donors (Lipinski definition) is 1. The Morgan fingerprint density at radius 3 is 2.67 bits per heavy atom. The molecular formula is C23H38N2O5. The predicted molar refractivity (Wildman–Crippen MR) is 113 cm³/mol. The minimum Gasteiger partial charge on any atom is -0.443 e. The fraction of sp³-hybridized carbons (Fsp3) is 0.870. The topological polar surface area (TPSA) is 75.9 Å². The van der Waals surface area contributed by atoms with Gasteiger partial charge < -0.3 is 29.2 Å². The zero-order chi connectivity index (χ0) is 21.4. The van der Waals surface area contributed by atoms with Gasteiger partial charge in [-0.2, -0.15) is 0 Å². The third-order valence-electron chi connectivity index (χ3n) is 7.39. The highest BCUT2D eigenvalue weighted by atomic mass is 16.6. The number of amides is 1. The highest BCUT2D eigenvalue weighted by Gasteiger charge is 2.72. The van der Waals surface area contributed by atoms with Crippen LogP contribution in [0.4, 0.5) is 4.79 Å². The van der Waals surface area contributed by atoms with Crippen LogP contribution in [0.5, 0.6) is 0 Å². The summed E-state index contributed by atoms with van der Waals surface area (Å²) in [5.74, 6) is 0.0571. The molecule has 4 rings (SSSR count). The number of carbonyl (C=O) groups excluding carboxylic acids is 1. The summed E-state index contributed by atoms with van der Waals surface area (Å²) >= 11 is 0. The maximum atomic E-state index is 12.5. The first-order valence-corrected chi connectivity index (χ1v) is 11.5. The minimum atomic E-state index is -0.351. The Balaban J connectivity index is 1.35. The van der Waals surface area contributed by atoms with Gasteiger partial charge in [-0.1, -0.05) is 11.6 Å². The number of likely N-dealkylation sites (tertiary alicyclic amines) is 1. The highest BCUT2D eigenvalue weighted by molar-refractivity contribution is 5.67. The van der Waals surface area contributed by atoms with Crippen LogP contribution >= 0.6 is 0 Å². The van der Waals surface area contributed by atoms with E-state index in [2.05, 4.69) is 37.1 Å². The molecule has 1 aliphatic carbocycles. The fourth-order valence-corrected chi connectivity index (χ4v) is 5.57. The molecule has 0 aromatic heterocycles. The number of carbonyl (C=O) groups is 1. The molecule has 1 N–H and O–H groups in total. The van der Waals surface area contributed by atoms with E-state index in [4.69, 9.17) is 18.9 Å². The van der Waals surface area contributed by atoms with Crippen molar-refractivity contribution in [1.82, 2.24) is 10.2 Å². The van der Waals surface area contributed by atoms with Crippen LogP contribution in [0, 0.1) is 5.92 Å². The zero-order valence-corrected chi connectivity index (χ0v) is 18.9. The van der Waals surface area contributed by atoms with Crippen LogP contribution in [-0.2, 0) is 18.9 Å². The van der Waals surface area contributed by atoms with Crippen LogP contribution in [0.1, 0.15) is 52.9 Å². The largest absolute Gasteiger partial charge is 0.443 e. The summed E-state index contributed by atoms with van der Waals surface area (Å²) in [6.07, 6.45) is 6.54. The molecule has 1 spiro atoms. The van der Waals surface area contributed by atoms with E-state index in [1.165, 1.54) is 18.4 Å². The van der Waals surface area contributed by atoms with E-state index in [9.17, 15) is 4.79 Å². The van der Waals surface area contributed by atoms with E-state index in [0.29, 0.717) is 6.54 Å². The van der Waals surface area contributed by atoms with Gasteiger partial charge in [0.1, 0.15) is 23.4 Å². The van der Waals surface area contributed by atoms with Crippen molar-refractivity contribution in [1.29, 1.82) is 0 Å². The molecule has 30 heavy (non-hydrogen) atoms. The molecule has 1 saturated carbocycles. The molecule has 3 saturated heterocycles. The van der Waals surface area contributed by atoms with Crippen molar-refractivity contribution in [2.75, 3.05) is 39.9 Å². The molecule has 7 heteroatoms. The Labute approximate surface area is 180 Å². The minimum absolute atomic E-state index is 0.0571. The molecule has 0 aromatic carbocycles. The van der Waals surface area contributed by atoms with Gasteiger partial charge in [-0.15, -0.1) is 0 Å². The van der Waals surface area contributed by atoms with Crippen LogP contribution < -0.4 is 5.32 Å². The standard InChI is InChI=1S/C23H38N2O5/c1-16(2)7-8-18-22(3,30-18)20-19(27-4)17(9-10-23(20)15-28-23)29-21(26)24-11-14-25-12-5-6-13-25/h7,17-20H,5-6,8-15H2,1-4H3,(H,24,26)/t17-,18-,19-,20-,22+,23+/m1/s1. The van der Waals surface area contributed by atoms with Crippen molar-refractivity contribution in [2.45, 2.75) is 82.4 Å². The molecular weight excluding hydrogens is 384 g/mol. The van der Waals surface area contributed by atoms with Crippen molar-refractivity contribution in [3.05, 3.63) is 11.6 Å². The SMILES string of the molecule is CO[C@@H]1[C@H](OC(=O)NCCN2CCCC2)CC[C@]2(CO2)[C@H]1[C@@]1(C)O[C@@H]1CC=C(C)C. The van der Waals surface area contributed by atoms with Crippen molar-refractivity contribution in [3.8, 4) is 0 Å². The lowest BCUT2D eigenvalue weighted by molar-refractivity contribution is -0.118. The Hall–Kier alpha value is -1.15. The summed E-state index contributed by atoms with van der Waals surface area (Å²) in [5, 5.41) is 2.92. The van der Waals surface area contributed by atoms with Gasteiger partial charge in [0.2, 0.25) is 0 Å². The molecule has 4 aliphatic rings. The highest BCUT2D eigenvalue weighted by Crippen LogP contribution is 2.59. The lowest BCUT2D eigenvalue weighted by Gasteiger charge is -2.42. The smallest absolute Gasteiger partial charge is 0.407 e. The summed E-state index contributed by atoms with van der Waals surface area (Å²) in [6, 6.07) is 0. The third kappa shape index (κ3) is 4.54. The number of nitrogens with zero attached hydrogens (tertiary/aromatic N) is 1. The van der Waals surface area contributed by atoms with E-state index >= 15 is 0 Å². The Bertz CT molecular complexity index is 654. The van der Waals surface area contributed by atoms with Crippen molar-refractivity contribution >= 4 is 6.09 Å². The van der Waals surface area contributed by atoms with Crippen LogP contribution in [0.15, 0.2) is 11.6 Å². The molecule has 0 radical (unpaired) electrons. The van der Waals surface area contributed by atoms with Gasteiger partial charge in [0.05, 0.1) is 18.6 Å². The van der Waals surface area contributed by atoms with Gasteiger partial charge in [0.25, 0.3) is 0 Å². The Morgan fingerprint density at radius 2 is 2.03 bits per heavy atom. The second-order valence-electron chi connectivity index (χ2n) is 9.80. The van der Waals surface area contributed by atoms with Gasteiger partial charge in [-0.05, 0) is 66.0 Å². The number of alkyl carbamates (subject to hydrolysis) is 1. The number of hydrogen-bond acceptors (Lipinski definition) is 6. The lowest BCUT2D eigenvalue weighted by atomic mass is 9.68. The number of allylic oxidation sites excluding steroid dienone is 1. The van der Waals surface area contributed by atoms with Crippen LogP contribution in [0.25, 0.3) is 0 Å². The summed E-state index contributed by atoms with van der Waals surface area (Å²) in [5.41, 5.74) is 0.794. The first kappa shape index (κ1) is 22.1. The second-order valence-corrected chi connectivity index (χ2v) is 9.80. The van der Waals surface area contributed by atoms with Crippen LogP contribution in [0.2, 0.25) is 0 Å². The third-order valence-corrected chi connectivity index (χ3v) is 7.39. The van der Waals surface area contributed by atoms with E-state index in [1.54, 1.807) is 7.11 Å². The van der Waals surface area contributed by atoms with Crippen LogP contribution in [0.3, 0.4) is 0 Å². The molecule has 3 heterocycles. The second kappa shape index (κ2) is 8.77. The van der Waals surface area contributed by atoms with Crippen molar-refractivity contribution in [3.63, 3.8) is 0 Å². The zero-order valence-electron chi connectivity index (χ0n) is 18.9. The summed E-state index contributed by atoms with van der Waals surface area (Å²) < 4.78 is 24.0. The van der Waals surface area contributed by atoms with E-state index in [0.717, 1.165) is 45.5 Å². The summed E-state index contributed by atoms with van der Waals surface area (Å²) in [4.78, 5) is 14.8. The van der Waals surface area contributed by atoms with Crippen LogP contribution in [-0.4, -0.2) is 80.4 Å². The number of nitrogens with one attached hydrogen (secondary N) is 1. The number of methoxy groups -OCH3 is 1. The van der Waals surface area contributed by atoms with E-state index in [-0.39, 0.29) is 41.5 Å². The maximum Gasteiger partial charge on any atom is 0.407 e. The molecule has 1 amide bonds. The molecule has 4 fully saturated rings. The van der Waals surface area contributed by atoms with Gasteiger partial charge in [-0.25, -0.2) is 4.79 Å². The van der Waals surface area contributed by atoms with Gasteiger partial charge in [0, 0.05) is 20.2 Å². The maximum absolute atomic E-state index is 12.5. The van der Waals surface area contributed by atoms with E-state index in [1.807, 2.05) is 0 Å². The molecule has 7 nitrogen and oxygen atoms in total. The Kier molecular flexibility index (Phi) is 6.45. The number of rotatable bonds is 8. The molecule has 0 aromatic rings. The number of ether oxygens (including phenoxy) is 4. The lowest BCUT2D eigenvalue weighted by Crippen LogP contribution is -2.56. The van der Waals surface area contributed by atoms with Gasteiger partial charge in [-0.3, -0.25) is 0 Å². The van der Waals surface area contributed by atoms with Gasteiger partial charge >= 0.3 is 6.09 Å². The first-order chi connectivity index (χ1) is 14.4. The predicted octanol–water partition coefficient (Wildman–Crippen LogP) is 2.88. The molecule has 170 valence electrons. The first-order valence-electron chi connectivity index (χ1n) is 11.5. The molecule has 6 atom stereocenters. The number of epoxide rings is 2. The fourth-order valence-electron chi connectivity index (χ4n) is 5.57. The summed E-state index contributed by atoms with van der Waals surface area (Å²) in [6.45, 7) is 10.9. The normalized spacial score (nSPS) is 40.3.